The monoisotopic (exact) mass is 409 g/mol. The van der Waals surface area contributed by atoms with E-state index in [9.17, 15) is 21.6 Å². The van der Waals surface area contributed by atoms with Crippen molar-refractivity contribution in [2.75, 3.05) is 0 Å². The number of pyridine rings is 1. The molecule has 1 heterocycles. The lowest BCUT2D eigenvalue weighted by atomic mass is 10.2. The van der Waals surface area contributed by atoms with Gasteiger partial charge in [0.25, 0.3) is 0 Å². The van der Waals surface area contributed by atoms with Gasteiger partial charge in [0.15, 0.2) is 0 Å². The van der Waals surface area contributed by atoms with Crippen molar-refractivity contribution in [3.05, 3.63) is 88.5 Å². The average molecular weight is 410 g/mol. The van der Waals surface area contributed by atoms with Crippen molar-refractivity contribution >= 4 is 33.6 Å². The van der Waals surface area contributed by atoms with Crippen molar-refractivity contribution in [2.24, 2.45) is 0 Å². The first kappa shape index (κ1) is 19.1. The van der Waals surface area contributed by atoms with Crippen LogP contribution in [0.4, 0.5) is 13.2 Å². The molecule has 0 aliphatic heterocycles. The highest BCUT2D eigenvalue weighted by Gasteiger charge is 2.24. The van der Waals surface area contributed by atoms with E-state index in [4.69, 9.17) is 11.6 Å². The zero-order valence-electron chi connectivity index (χ0n) is 13.5. The summed E-state index contributed by atoms with van der Waals surface area (Å²) in [5, 5.41) is -0.347. The van der Waals surface area contributed by atoms with Crippen LogP contribution in [-0.2, 0) is 9.84 Å². The first-order valence-corrected chi connectivity index (χ1v) is 9.44. The van der Waals surface area contributed by atoms with Crippen molar-refractivity contribution in [1.82, 2.24) is 4.98 Å². The van der Waals surface area contributed by atoms with E-state index >= 15 is 0 Å². The van der Waals surface area contributed by atoms with Crippen LogP contribution in [0.1, 0.15) is 11.3 Å². The predicted octanol–water partition coefficient (Wildman–Crippen LogP) is 5.16. The molecule has 1 aromatic heterocycles. The maximum absolute atomic E-state index is 13.8. The van der Waals surface area contributed by atoms with Crippen molar-refractivity contribution in [3.8, 4) is 0 Å². The molecule has 3 rings (SSSR count). The number of benzene rings is 2. The Labute approximate surface area is 158 Å². The van der Waals surface area contributed by atoms with Gasteiger partial charge in [-0.05, 0) is 48.6 Å². The summed E-state index contributed by atoms with van der Waals surface area (Å²) in [7, 11) is -4.19. The summed E-state index contributed by atoms with van der Waals surface area (Å²) < 4.78 is 65.5. The third-order valence-corrected chi connectivity index (χ3v) is 5.87. The molecule has 3 nitrogen and oxygen atoms in total. The van der Waals surface area contributed by atoms with Crippen molar-refractivity contribution < 1.29 is 21.6 Å². The van der Waals surface area contributed by atoms with Gasteiger partial charge in [-0.1, -0.05) is 23.7 Å². The Balaban J connectivity index is 1.94. The minimum atomic E-state index is -4.19. The Morgan fingerprint density at radius 3 is 2.26 bits per heavy atom. The zero-order chi connectivity index (χ0) is 19.6. The second kappa shape index (κ2) is 7.54. The molecule has 0 radical (unpaired) electrons. The Hall–Kier alpha value is -2.64. The Bertz CT molecular complexity index is 1150. The fourth-order valence-corrected chi connectivity index (χ4v) is 4.12. The number of nitrogens with zero attached hydrogens (tertiary/aromatic N) is 1. The first-order valence-electron chi connectivity index (χ1n) is 7.58. The number of halogens is 4. The quantitative estimate of drug-likeness (QED) is 0.559. The van der Waals surface area contributed by atoms with Crippen molar-refractivity contribution in [3.63, 3.8) is 0 Å². The van der Waals surface area contributed by atoms with E-state index in [1.54, 1.807) is 0 Å². The number of aromatic nitrogens is 1. The summed E-state index contributed by atoms with van der Waals surface area (Å²) in [6.45, 7) is 0. The molecular formula is C19H11ClF3NO2S. The number of hydrogen-bond acceptors (Lipinski definition) is 3. The molecule has 27 heavy (non-hydrogen) atoms. The van der Waals surface area contributed by atoms with Crippen LogP contribution in [0.5, 0.6) is 0 Å². The molecule has 0 saturated heterocycles. The van der Waals surface area contributed by atoms with E-state index in [2.05, 4.69) is 4.98 Å². The molecule has 0 unspecified atom stereocenters. The van der Waals surface area contributed by atoms with Gasteiger partial charge in [0.2, 0.25) is 9.84 Å². The molecule has 2 aromatic carbocycles. The largest absolute Gasteiger partial charge is 0.235 e. The highest BCUT2D eigenvalue weighted by atomic mass is 35.5. The van der Waals surface area contributed by atoms with Crippen LogP contribution in [0.25, 0.3) is 12.2 Å². The molecule has 8 heteroatoms. The Kier molecular flexibility index (Phi) is 5.34. The van der Waals surface area contributed by atoms with E-state index in [0.717, 1.165) is 24.3 Å². The molecule has 3 aromatic rings. The van der Waals surface area contributed by atoms with Gasteiger partial charge >= 0.3 is 0 Å². The normalized spacial score (nSPS) is 11.9. The van der Waals surface area contributed by atoms with Crippen LogP contribution in [0.2, 0.25) is 5.15 Å². The summed E-state index contributed by atoms with van der Waals surface area (Å²) in [6, 6.07) is 10.6. The molecule has 0 amide bonds. The molecule has 0 N–H and O–H groups in total. The minimum Gasteiger partial charge on any atom is -0.235 e. The number of sulfone groups is 1. The fraction of sp³-hybridized carbons (Fsp3) is 0. The SMILES string of the molecule is O=S(=O)(c1ccccc1F)c1ccc(C=Cc2ccc(F)cc2F)nc1Cl. The molecule has 0 aliphatic carbocycles. The minimum absolute atomic E-state index is 0.123. The van der Waals surface area contributed by atoms with Gasteiger partial charge in [0.1, 0.15) is 32.4 Å². The topological polar surface area (TPSA) is 47.0 Å². The lowest BCUT2D eigenvalue weighted by Gasteiger charge is -2.07. The van der Waals surface area contributed by atoms with Gasteiger partial charge < -0.3 is 0 Å². The molecule has 0 spiro atoms. The van der Waals surface area contributed by atoms with E-state index in [1.807, 2.05) is 0 Å². The van der Waals surface area contributed by atoms with Crippen LogP contribution in [0, 0.1) is 17.5 Å². The highest BCUT2D eigenvalue weighted by Crippen LogP contribution is 2.28. The van der Waals surface area contributed by atoms with Gasteiger partial charge in [0.05, 0.1) is 5.69 Å². The van der Waals surface area contributed by atoms with Crippen molar-refractivity contribution in [2.45, 2.75) is 9.79 Å². The first-order chi connectivity index (χ1) is 12.8. The van der Waals surface area contributed by atoms with Gasteiger partial charge in [-0.3, -0.25) is 0 Å². The Morgan fingerprint density at radius 1 is 0.852 bits per heavy atom. The summed E-state index contributed by atoms with van der Waals surface area (Å²) in [4.78, 5) is 3.08. The number of hydrogen-bond donors (Lipinski definition) is 0. The van der Waals surface area contributed by atoms with Gasteiger partial charge in [-0.25, -0.2) is 26.6 Å². The van der Waals surface area contributed by atoms with Crippen LogP contribution < -0.4 is 0 Å². The van der Waals surface area contributed by atoms with Crippen LogP contribution in [-0.4, -0.2) is 13.4 Å². The van der Waals surface area contributed by atoms with E-state index in [1.165, 1.54) is 42.5 Å². The van der Waals surface area contributed by atoms with Crippen LogP contribution in [0.15, 0.2) is 64.4 Å². The van der Waals surface area contributed by atoms with E-state index in [0.29, 0.717) is 0 Å². The van der Waals surface area contributed by atoms with Gasteiger partial charge in [-0.15, -0.1) is 0 Å². The van der Waals surface area contributed by atoms with Crippen LogP contribution in [0.3, 0.4) is 0 Å². The molecule has 138 valence electrons. The second-order valence-electron chi connectivity index (χ2n) is 5.46. The third-order valence-electron chi connectivity index (χ3n) is 3.65. The van der Waals surface area contributed by atoms with Crippen LogP contribution >= 0.6 is 11.6 Å². The molecule has 0 aliphatic rings. The smallest absolute Gasteiger partial charge is 0.212 e. The molecule has 0 saturated carbocycles. The fourth-order valence-electron chi connectivity index (χ4n) is 2.32. The molecule has 0 fully saturated rings. The maximum atomic E-state index is 13.8. The standard InChI is InChI=1S/C19H11ClF3NO2S/c20-19-18(27(25,26)17-4-2-1-3-15(17)22)10-9-14(24-19)8-6-12-5-7-13(21)11-16(12)23/h1-11H. The average Bonchev–Trinajstić information content (AvgIpc) is 2.61. The zero-order valence-corrected chi connectivity index (χ0v) is 15.1. The second-order valence-corrected chi connectivity index (χ2v) is 7.70. The predicted molar refractivity (Wildman–Crippen MR) is 96.4 cm³/mol. The van der Waals surface area contributed by atoms with Crippen molar-refractivity contribution in [1.29, 1.82) is 0 Å². The maximum Gasteiger partial charge on any atom is 0.212 e. The highest BCUT2D eigenvalue weighted by molar-refractivity contribution is 7.91. The lowest BCUT2D eigenvalue weighted by Crippen LogP contribution is -2.06. The van der Waals surface area contributed by atoms with Gasteiger partial charge in [-0.2, -0.15) is 0 Å². The lowest BCUT2D eigenvalue weighted by molar-refractivity contribution is 0.566. The third kappa shape index (κ3) is 4.04. The molecule has 0 bridgehead atoms. The Morgan fingerprint density at radius 2 is 1.59 bits per heavy atom. The molecular weight excluding hydrogens is 399 g/mol. The summed E-state index contributed by atoms with van der Waals surface area (Å²) in [5.41, 5.74) is 0.369. The summed E-state index contributed by atoms with van der Waals surface area (Å²) in [6.07, 6.45) is 2.74. The van der Waals surface area contributed by atoms with Gasteiger partial charge in [0, 0.05) is 11.6 Å². The molecule has 0 atom stereocenters. The summed E-state index contributed by atoms with van der Waals surface area (Å²) >= 11 is 5.98. The van der Waals surface area contributed by atoms with E-state index in [-0.39, 0.29) is 21.3 Å². The van der Waals surface area contributed by atoms with E-state index < -0.39 is 32.2 Å². The number of rotatable bonds is 4. The summed E-state index contributed by atoms with van der Waals surface area (Å²) in [5.74, 6) is -2.35.